The van der Waals surface area contributed by atoms with E-state index < -0.39 is 28.4 Å². The summed E-state index contributed by atoms with van der Waals surface area (Å²) >= 11 is 0. The maximum Gasteiger partial charge on any atom is 0.295 e. The van der Waals surface area contributed by atoms with Crippen LogP contribution in [0.4, 0.5) is 5.69 Å². The average molecular weight is 439 g/mol. The van der Waals surface area contributed by atoms with Gasteiger partial charge in [0.25, 0.3) is 11.6 Å². The Bertz CT molecular complexity index is 1110. The molecule has 1 aliphatic heterocycles. The molecule has 1 unspecified atom stereocenters. The number of carbonyl (C=O) groups excluding carboxylic acids is 2. The zero-order valence-corrected chi connectivity index (χ0v) is 18.4. The molecule has 1 fully saturated rings. The second kappa shape index (κ2) is 9.19. The SMILES string of the molecule is COc1ccc(C([O-])=C2C(=O)C(=O)N(CC[NH+](C)C)C2c2cccc([N+](=O)[O-])c2)cc1C. The fraction of sp³-hybridized carbons (Fsp3) is 0.304. The van der Waals surface area contributed by atoms with Gasteiger partial charge in [0.2, 0.25) is 5.78 Å². The molecule has 1 atom stereocenters. The molecule has 0 bridgehead atoms. The summed E-state index contributed by atoms with van der Waals surface area (Å²) in [5, 5.41) is 24.7. The van der Waals surface area contributed by atoms with Crippen LogP contribution in [0.3, 0.4) is 0 Å². The Morgan fingerprint density at radius 3 is 2.50 bits per heavy atom. The first-order valence-electron chi connectivity index (χ1n) is 10.1. The lowest BCUT2D eigenvalue weighted by molar-refractivity contribution is -0.857. The largest absolute Gasteiger partial charge is 0.872 e. The molecule has 3 rings (SSSR count). The molecule has 9 nitrogen and oxygen atoms in total. The van der Waals surface area contributed by atoms with E-state index in [1.54, 1.807) is 25.1 Å². The Morgan fingerprint density at radius 1 is 1.19 bits per heavy atom. The van der Waals surface area contributed by atoms with Crippen LogP contribution in [-0.2, 0) is 9.59 Å². The molecule has 2 aromatic rings. The van der Waals surface area contributed by atoms with Gasteiger partial charge in [-0.25, -0.2) is 0 Å². The van der Waals surface area contributed by atoms with E-state index in [2.05, 4.69) is 0 Å². The molecular formula is C23H25N3O6. The first-order valence-corrected chi connectivity index (χ1v) is 10.1. The fourth-order valence-corrected chi connectivity index (χ4v) is 3.78. The second-order valence-corrected chi connectivity index (χ2v) is 7.97. The predicted molar refractivity (Wildman–Crippen MR) is 115 cm³/mol. The Morgan fingerprint density at radius 2 is 1.91 bits per heavy atom. The highest BCUT2D eigenvalue weighted by molar-refractivity contribution is 6.46. The maximum absolute atomic E-state index is 13.4. The zero-order valence-electron chi connectivity index (χ0n) is 18.4. The van der Waals surface area contributed by atoms with Gasteiger partial charge in [-0.3, -0.25) is 19.7 Å². The molecule has 1 N–H and O–H groups in total. The van der Waals surface area contributed by atoms with Gasteiger partial charge in [0.05, 0.1) is 45.3 Å². The second-order valence-electron chi connectivity index (χ2n) is 7.97. The Balaban J connectivity index is 2.19. The van der Waals surface area contributed by atoms with Crippen molar-refractivity contribution in [3.05, 3.63) is 74.8 Å². The number of likely N-dealkylation sites (N-methyl/N-ethyl adjacent to an activating group) is 1. The van der Waals surface area contributed by atoms with Crippen molar-refractivity contribution in [3.63, 3.8) is 0 Å². The van der Waals surface area contributed by atoms with Gasteiger partial charge in [0.1, 0.15) is 5.75 Å². The molecule has 32 heavy (non-hydrogen) atoms. The van der Waals surface area contributed by atoms with Crippen molar-refractivity contribution in [2.75, 3.05) is 34.3 Å². The maximum atomic E-state index is 13.4. The van der Waals surface area contributed by atoms with Crippen LogP contribution >= 0.6 is 0 Å². The highest BCUT2D eigenvalue weighted by Gasteiger charge is 2.44. The Labute approximate surface area is 185 Å². The van der Waals surface area contributed by atoms with Gasteiger partial charge >= 0.3 is 0 Å². The van der Waals surface area contributed by atoms with Crippen LogP contribution in [0.5, 0.6) is 5.75 Å². The molecule has 1 heterocycles. The van der Waals surface area contributed by atoms with Crippen LogP contribution in [0, 0.1) is 17.0 Å². The molecule has 1 aliphatic rings. The van der Waals surface area contributed by atoms with E-state index in [0.717, 1.165) is 4.90 Å². The van der Waals surface area contributed by atoms with E-state index in [4.69, 9.17) is 4.74 Å². The van der Waals surface area contributed by atoms with Crippen molar-refractivity contribution >= 4 is 23.1 Å². The Hall–Kier alpha value is -3.72. The Kier molecular flexibility index (Phi) is 6.59. The summed E-state index contributed by atoms with van der Waals surface area (Å²) in [6, 6.07) is 9.47. The van der Waals surface area contributed by atoms with E-state index in [0.29, 0.717) is 23.4 Å². The number of rotatable bonds is 7. The van der Waals surface area contributed by atoms with Crippen LogP contribution in [-0.4, -0.2) is 55.8 Å². The molecule has 0 aliphatic carbocycles. The number of ether oxygens (including phenoxy) is 1. The number of hydrogen-bond acceptors (Lipinski definition) is 6. The summed E-state index contributed by atoms with van der Waals surface area (Å²) in [7, 11) is 5.32. The van der Waals surface area contributed by atoms with Crippen molar-refractivity contribution in [2.45, 2.75) is 13.0 Å². The number of likely N-dealkylation sites (tertiary alicyclic amines) is 1. The number of amides is 1. The first-order chi connectivity index (χ1) is 15.1. The number of Topliss-reactive ketones (excluding diaryl/α,β-unsaturated/α-hetero) is 1. The lowest BCUT2D eigenvalue weighted by Gasteiger charge is -2.27. The molecule has 0 aromatic heterocycles. The number of quaternary nitrogens is 1. The monoisotopic (exact) mass is 439 g/mol. The van der Waals surface area contributed by atoms with E-state index >= 15 is 0 Å². The van der Waals surface area contributed by atoms with Crippen LogP contribution in [0.1, 0.15) is 22.7 Å². The molecule has 0 saturated carbocycles. The van der Waals surface area contributed by atoms with Crippen molar-refractivity contribution < 1.29 is 29.3 Å². The number of benzene rings is 2. The number of nitrogens with one attached hydrogen (secondary N) is 1. The molecule has 168 valence electrons. The third kappa shape index (κ3) is 4.33. The van der Waals surface area contributed by atoms with E-state index in [1.807, 2.05) is 14.1 Å². The molecule has 0 spiro atoms. The number of methoxy groups -OCH3 is 1. The highest BCUT2D eigenvalue weighted by Crippen LogP contribution is 2.39. The van der Waals surface area contributed by atoms with E-state index in [1.165, 1.54) is 36.3 Å². The number of nitro benzene ring substituents is 1. The quantitative estimate of drug-likeness (QED) is 0.218. The highest BCUT2D eigenvalue weighted by atomic mass is 16.6. The minimum atomic E-state index is -0.996. The van der Waals surface area contributed by atoms with Gasteiger partial charge in [-0.15, -0.1) is 0 Å². The average Bonchev–Trinajstić information content (AvgIpc) is 3.01. The number of hydrogen-bond donors (Lipinski definition) is 1. The number of carbonyl (C=O) groups is 2. The van der Waals surface area contributed by atoms with Gasteiger partial charge in [0.15, 0.2) is 0 Å². The van der Waals surface area contributed by atoms with E-state index in [-0.39, 0.29) is 23.4 Å². The van der Waals surface area contributed by atoms with Crippen LogP contribution in [0.2, 0.25) is 0 Å². The van der Waals surface area contributed by atoms with Gasteiger partial charge < -0.3 is 19.6 Å². The van der Waals surface area contributed by atoms with Crippen molar-refractivity contribution in [1.82, 2.24) is 4.90 Å². The minimum absolute atomic E-state index is 0.181. The normalized spacial score (nSPS) is 17.8. The van der Waals surface area contributed by atoms with Crippen molar-refractivity contribution in [3.8, 4) is 5.75 Å². The summed E-state index contributed by atoms with van der Waals surface area (Å²) in [6.45, 7) is 2.53. The van der Waals surface area contributed by atoms with Gasteiger partial charge in [-0.1, -0.05) is 24.0 Å². The number of ketones is 1. The smallest absolute Gasteiger partial charge is 0.295 e. The predicted octanol–water partition coefficient (Wildman–Crippen LogP) is 0.280. The molecular weight excluding hydrogens is 414 g/mol. The van der Waals surface area contributed by atoms with Crippen LogP contribution < -0.4 is 14.7 Å². The molecule has 1 amide bonds. The summed E-state index contributed by atoms with van der Waals surface area (Å²) in [5.41, 5.74) is 0.916. The zero-order chi connectivity index (χ0) is 23.6. The fourth-order valence-electron chi connectivity index (χ4n) is 3.78. The van der Waals surface area contributed by atoms with Crippen LogP contribution in [0.25, 0.3) is 5.76 Å². The summed E-state index contributed by atoms with van der Waals surface area (Å²) in [4.78, 5) is 39.0. The van der Waals surface area contributed by atoms with Gasteiger partial charge in [-0.05, 0) is 35.7 Å². The van der Waals surface area contributed by atoms with Gasteiger partial charge in [-0.2, -0.15) is 0 Å². The van der Waals surface area contributed by atoms with Crippen molar-refractivity contribution in [1.29, 1.82) is 0 Å². The van der Waals surface area contributed by atoms with Crippen LogP contribution in [0.15, 0.2) is 48.0 Å². The number of nitrogens with zero attached hydrogens (tertiary/aromatic N) is 2. The number of nitro groups is 1. The third-order valence-corrected chi connectivity index (χ3v) is 5.44. The summed E-state index contributed by atoms with van der Waals surface area (Å²) in [5.74, 6) is -1.65. The minimum Gasteiger partial charge on any atom is -0.872 e. The molecule has 2 aromatic carbocycles. The lowest BCUT2D eigenvalue weighted by Crippen LogP contribution is -3.06. The van der Waals surface area contributed by atoms with Gasteiger partial charge in [0, 0.05) is 17.7 Å². The summed E-state index contributed by atoms with van der Waals surface area (Å²) < 4.78 is 5.23. The van der Waals surface area contributed by atoms with E-state index in [9.17, 15) is 24.8 Å². The third-order valence-electron chi connectivity index (χ3n) is 5.44. The molecule has 9 heteroatoms. The lowest BCUT2D eigenvalue weighted by atomic mass is 9.94. The first kappa shape index (κ1) is 23.0. The van der Waals surface area contributed by atoms with Crippen molar-refractivity contribution in [2.24, 2.45) is 0 Å². The summed E-state index contributed by atoms with van der Waals surface area (Å²) in [6.07, 6.45) is 0. The molecule has 0 radical (unpaired) electrons. The number of non-ortho nitro benzene ring substituents is 1. The number of aryl methyl sites for hydroxylation is 1. The topological polar surface area (TPSA) is 117 Å². The molecule has 1 saturated heterocycles. The standard InChI is InChI=1S/C23H25N3O6/c1-14-12-16(8-9-18(14)32-4)21(27)19-20(15-6-5-7-17(13-15)26(30)31)25(11-10-24(2)3)23(29)22(19)28/h5-9,12-13,20,27H,10-11H2,1-4H3.